The van der Waals surface area contributed by atoms with Crippen LogP contribution >= 0.6 is 11.6 Å². The van der Waals surface area contributed by atoms with Gasteiger partial charge in [-0.3, -0.25) is 4.79 Å². The van der Waals surface area contributed by atoms with E-state index in [1.54, 1.807) is 24.3 Å². The molecule has 1 N–H and O–H groups in total. The van der Waals surface area contributed by atoms with Crippen molar-refractivity contribution in [2.45, 2.75) is 24.8 Å². The van der Waals surface area contributed by atoms with Gasteiger partial charge in [0.05, 0.1) is 16.2 Å². The van der Waals surface area contributed by atoms with Gasteiger partial charge in [0.15, 0.2) is 15.9 Å². The first-order chi connectivity index (χ1) is 12.2. The number of rotatable bonds is 6. The molecular weight excluding hydrogens is 378 g/mol. The predicted octanol–water partition coefficient (Wildman–Crippen LogP) is 3.32. The molecule has 0 aliphatic rings. The molecule has 0 spiro atoms. The molecule has 1 unspecified atom stereocenters. The van der Waals surface area contributed by atoms with E-state index >= 15 is 0 Å². The molecule has 6 nitrogen and oxygen atoms in total. The molecule has 0 aliphatic carbocycles. The topological polar surface area (TPSA) is 89.5 Å². The van der Waals surface area contributed by atoms with Crippen molar-refractivity contribution < 1.29 is 22.7 Å². The Hall–Kier alpha value is -2.38. The van der Waals surface area contributed by atoms with Gasteiger partial charge in [-0.25, -0.2) is 13.2 Å². The van der Waals surface area contributed by atoms with Crippen molar-refractivity contribution >= 4 is 39.0 Å². The molecule has 0 saturated heterocycles. The molecule has 1 amide bonds. The number of carbonyl (C=O) groups excluding carboxylic acids is 2. The molecular formula is C18H18ClNO5S. The predicted molar refractivity (Wildman–Crippen MR) is 99.1 cm³/mol. The van der Waals surface area contributed by atoms with E-state index in [9.17, 15) is 18.0 Å². The van der Waals surface area contributed by atoms with Gasteiger partial charge in [-0.1, -0.05) is 36.7 Å². The summed E-state index contributed by atoms with van der Waals surface area (Å²) in [5.41, 5.74) is 0.358. The van der Waals surface area contributed by atoms with Crippen LogP contribution in [-0.2, 0) is 19.4 Å². The maximum atomic E-state index is 12.4. The quantitative estimate of drug-likeness (QED) is 0.758. The van der Waals surface area contributed by atoms with Gasteiger partial charge in [-0.2, -0.15) is 0 Å². The molecule has 0 heterocycles. The highest BCUT2D eigenvalue weighted by Crippen LogP contribution is 2.19. The fourth-order valence-electron chi connectivity index (χ4n) is 2.15. The zero-order valence-corrected chi connectivity index (χ0v) is 15.8. The molecule has 0 aromatic heterocycles. The van der Waals surface area contributed by atoms with Crippen molar-refractivity contribution in [1.82, 2.24) is 0 Å². The average molecular weight is 396 g/mol. The molecule has 2 aromatic rings. The van der Waals surface area contributed by atoms with E-state index in [4.69, 9.17) is 16.3 Å². The number of esters is 1. The Kier molecular flexibility index (Phi) is 6.39. The number of amides is 1. The van der Waals surface area contributed by atoms with E-state index in [2.05, 4.69) is 5.32 Å². The lowest BCUT2D eigenvalue weighted by Crippen LogP contribution is -2.30. The Labute approximate surface area is 157 Å². The maximum absolute atomic E-state index is 12.4. The molecule has 1 atom stereocenters. The first kappa shape index (κ1) is 19.9. The van der Waals surface area contributed by atoms with E-state index in [0.717, 1.165) is 0 Å². The minimum atomic E-state index is -3.60. The summed E-state index contributed by atoms with van der Waals surface area (Å²) in [5.74, 6) is -1.59. The normalized spacial score (nSPS) is 12.3. The SMILES string of the molecule is CCS(=O)(=O)c1ccccc1C(=O)OC(C)C(=O)Nc1cccc(Cl)c1. The number of nitrogens with one attached hydrogen (secondary N) is 1. The van der Waals surface area contributed by atoms with Crippen molar-refractivity contribution in [3.63, 3.8) is 0 Å². The zero-order valence-electron chi connectivity index (χ0n) is 14.2. The number of ether oxygens (including phenoxy) is 1. The van der Waals surface area contributed by atoms with Crippen LogP contribution in [0.25, 0.3) is 0 Å². The zero-order chi connectivity index (χ0) is 19.3. The number of halogens is 1. The van der Waals surface area contributed by atoms with Crippen LogP contribution in [0.15, 0.2) is 53.4 Å². The standard InChI is InChI=1S/C18H18ClNO5S/c1-3-26(23,24)16-10-5-4-9-15(16)18(22)25-12(2)17(21)20-14-8-6-7-13(19)11-14/h4-12H,3H2,1-2H3,(H,20,21). The molecule has 0 radical (unpaired) electrons. The summed E-state index contributed by atoms with van der Waals surface area (Å²) >= 11 is 5.85. The third-order valence-corrected chi connectivity index (χ3v) is 5.59. The lowest BCUT2D eigenvalue weighted by Gasteiger charge is -2.15. The van der Waals surface area contributed by atoms with Gasteiger partial charge in [0.1, 0.15) is 0 Å². The monoisotopic (exact) mass is 395 g/mol. The molecule has 2 aromatic carbocycles. The molecule has 0 fully saturated rings. The third kappa shape index (κ3) is 4.83. The highest BCUT2D eigenvalue weighted by atomic mass is 35.5. The second-order valence-corrected chi connectivity index (χ2v) is 8.13. The fraction of sp³-hybridized carbons (Fsp3) is 0.222. The Balaban J connectivity index is 2.14. The van der Waals surface area contributed by atoms with E-state index in [0.29, 0.717) is 10.7 Å². The van der Waals surface area contributed by atoms with E-state index < -0.39 is 27.8 Å². The number of carbonyl (C=O) groups is 2. The Bertz CT molecular complexity index is 927. The minimum absolute atomic E-state index is 0.100. The summed E-state index contributed by atoms with van der Waals surface area (Å²) in [6, 6.07) is 12.3. The van der Waals surface area contributed by atoms with Crippen molar-refractivity contribution in [2.24, 2.45) is 0 Å². The largest absolute Gasteiger partial charge is 0.449 e. The molecule has 0 saturated carbocycles. The first-order valence-electron chi connectivity index (χ1n) is 7.84. The van der Waals surface area contributed by atoms with Gasteiger partial charge >= 0.3 is 5.97 Å². The first-order valence-corrected chi connectivity index (χ1v) is 9.87. The van der Waals surface area contributed by atoms with Crippen molar-refractivity contribution in [1.29, 1.82) is 0 Å². The van der Waals surface area contributed by atoms with Crippen LogP contribution < -0.4 is 5.32 Å². The number of anilines is 1. The molecule has 2 rings (SSSR count). The third-order valence-electron chi connectivity index (χ3n) is 3.57. The lowest BCUT2D eigenvalue weighted by molar-refractivity contribution is -0.123. The van der Waals surface area contributed by atoms with Gasteiger partial charge < -0.3 is 10.1 Å². The van der Waals surface area contributed by atoms with Crippen LogP contribution in [-0.4, -0.2) is 32.2 Å². The summed E-state index contributed by atoms with van der Waals surface area (Å²) in [6.07, 6.45) is -1.13. The van der Waals surface area contributed by atoms with Crippen molar-refractivity contribution in [3.05, 3.63) is 59.1 Å². The minimum Gasteiger partial charge on any atom is -0.449 e. The van der Waals surface area contributed by atoms with E-state index in [1.807, 2.05) is 0 Å². The number of benzene rings is 2. The van der Waals surface area contributed by atoms with E-state index in [-0.39, 0.29) is 16.2 Å². The lowest BCUT2D eigenvalue weighted by atomic mass is 10.2. The maximum Gasteiger partial charge on any atom is 0.340 e. The number of hydrogen-bond donors (Lipinski definition) is 1. The van der Waals surface area contributed by atoms with Crippen molar-refractivity contribution in [3.8, 4) is 0 Å². The smallest absolute Gasteiger partial charge is 0.340 e. The Morgan fingerprint density at radius 3 is 2.50 bits per heavy atom. The average Bonchev–Trinajstić information content (AvgIpc) is 2.61. The second kappa shape index (κ2) is 8.33. The van der Waals surface area contributed by atoms with Crippen LogP contribution in [0.4, 0.5) is 5.69 Å². The molecule has 26 heavy (non-hydrogen) atoms. The molecule has 8 heteroatoms. The van der Waals surface area contributed by atoms with Crippen LogP contribution in [0.1, 0.15) is 24.2 Å². The summed E-state index contributed by atoms with van der Waals surface area (Å²) in [6.45, 7) is 2.88. The fourth-order valence-corrected chi connectivity index (χ4v) is 3.42. The molecule has 0 bridgehead atoms. The molecule has 0 aliphatic heterocycles. The van der Waals surface area contributed by atoms with Crippen LogP contribution in [0, 0.1) is 0 Å². The number of hydrogen-bond acceptors (Lipinski definition) is 5. The van der Waals surface area contributed by atoms with E-state index in [1.165, 1.54) is 38.1 Å². The van der Waals surface area contributed by atoms with Crippen molar-refractivity contribution in [2.75, 3.05) is 11.1 Å². The Morgan fingerprint density at radius 1 is 1.15 bits per heavy atom. The van der Waals surface area contributed by atoms with Gasteiger partial charge in [-0.05, 0) is 37.3 Å². The second-order valence-electron chi connectivity index (χ2n) is 5.45. The highest BCUT2D eigenvalue weighted by Gasteiger charge is 2.25. The summed E-state index contributed by atoms with van der Waals surface area (Å²) < 4.78 is 29.4. The van der Waals surface area contributed by atoms with Gasteiger partial charge in [0.25, 0.3) is 5.91 Å². The number of sulfone groups is 1. The van der Waals surface area contributed by atoms with Gasteiger partial charge in [0.2, 0.25) is 0 Å². The summed E-state index contributed by atoms with van der Waals surface area (Å²) in [7, 11) is -3.60. The van der Waals surface area contributed by atoms with Gasteiger partial charge in [0, 0.05) is 10.7 Å². The molecule has 138 valence electrons. The van der Waals surface area contributed by atoms with Gasteiger partial charge in [-0.15, -0.1) is 0 Å². The highest BCUT2D eigenvalue weighted by molar-refractivity contribution is 7.91. The summed E-state index contributed by atoms with van der Waals surface area (Å²) in [4.78, 5) is 24.4. The van der Waals surface area contributed by atoms with Crippen LogP contribution in [0.2, 0.25) is 5.02 Å². The Morgan fingerprint density at radius 2 is 1.85 bits per heavy atom. The summed E-state index contributed by atoms with van der Waals surface area (Å²) in [5, 5.41) is 3.03. The van der Waals surface area contributed by atoms with Crippen LogP contribution in [0.5, 0.6) is 0 Å². The van der Waals surface area contributed by atoms with Crippen LogP contribution in [0.3, 0.4) is 0 Å².